The molecule has 0 saturated carbocycles. The molecule has 3 nitrogen and oxygen atoms in total. The zero-order chi connectivity index (χ0) is 18.2. The third kappa shape index (κ3) is 3.24. The quantitative estimate of drug-likeness (QED) is 0.694. The van der Waals surface area contributed by atoms with Gasteiger partial charge in [-0.3, -0.25) is 4.98 Å². The smallest absolute Gasteiger partial charge is 0.0703 e. The van der Waals surface area contributed by atoms with E-state index in [4.69, 9.17) is 4.98 Å². The average Bonchev–Trinajstić information content (AvgIpc) is 3.26. The highest BCUT2D eigenvalue weighted by molar-refractivity contribution is 5.71. The first-order valence-electron chi connectivity index (χ1n) is 9.82. The largest absolute Gasteiger partial charge is 0.370 e. The molecule has 0 amide bonds. The van der Waals surface area contributed by atoms with Crippen LogP contribution in [0, 0.1) is 11.8 Å². The molecule has 0 bridgehead atoms. The number of benzene rings is 2. The van der Waals surface area contributed by atoms with Crippen LogP contribution in [0.5, 0.6) is 0 Å². The molecule has 0 spiro atoms. The minimum atomic E-state index is 0.817. The molecule has 3 aromatic rings. The van der Waals surface area contributed by atoms with Crippen molar-refractivity contribution in [2.75, 3.05) is 38.1 Å². The number of pyridine rings is 1. The molecule has 3 heterocycles. The Kier molecular flexibility index (Phi) is 4.17. The van der Waals surface area contributed by atoms with E-state index < -0.39 is 0 Å². The van der Waals surface area contributed by atoms with E-state index in [1.807, 2.05) is 0 Å². The molecule has 2 atom stereocenters. The molecule has 2 aliphatic rings. The van der Waals surface area contributed by atoms with Crippen LogP contribution in [0.1, 0.15) is 0 Å². The number of aromatic nitrogens is 1. The predicted molar refractivity (Wildman–Crippen MR) is 112 cm³/mol. The van der Waals surface area contributed by atoms with Crippen LogP contribution >= 0.6 is 0 Å². The second kappa shape index (κ2) is 6.82. The van der Waals surface area contributed by atoms with Gasteiger partial charge in [0.05, 0.1) is 17.6 Å². The second-order valence-electron chi connectivity index (χ2n) is 7.99. The number of nitrogens with zero attached hydrogens (tertiary/aromatic N) is 3. The fourth-order valence-corrected chi connectivity index (χ4v) is 4.67. The minimum Gasteiger partial charge on any atom is -0.370 e. The maximum absolute atomic E-state index is 4.79. The highest BCUT2D eigenvalue weighted by Gasteiger charge is 2.38. The van der Waals surface area contributed by atoms with Crippen LogP contribution in [0.3, 0.4) is 0 Å². The van der Waals surface area contributed by atoms with E-state index in [0.29, 0.717) is 0 Å². The molecule has 27 heavy (non-hydrogen) atoms. The lowest BCUT2D eigenvalue weighted by atomic mass is 10.0. The van der Waals surface area contributed by atoms with Gasteiger partial charge < -0.3 is 9.80 Å². The molecule has 2 aliphatic heterocycles. The maximum atomic E-state index is 4.79. The standard InChI is InChI=1S/C24H25N3/c1-26-14-21-16-27(17-22(21)15-26)23-10-11-24(25-13-23)20-9-5-8-19(12-20)18-6-3-2-4-7-18/h2-13,21-22H,14-17H2,1H3/t21-,22+. The van der Waals surface area contributed by atoms with E-state index in [-0.39, 0.29) is 0 Å². The van der Waals surface area contributed by atoms with E-state index in [1.165, 1.54) is 48.6 Å². The van der Waals surface area contributed by atoms with Crippen molar-refractivity contribution in [3.05, 3.63) is 72.9 Å². The summed E-state index contributed by atoms with van der Waals surface area (Å²) in [5.74, 6) is 1.63. The van der Waals surface area contributed by atoms with Gasteiger partial charge in [0.15, 0.2) is 0 Å². The van der Waals surface area contributed by atoms with Gasteiger partial charge in [0, 0.05) is 31.7 Å². The number of likely N-dealkylation sites (tertiary alicyclic amines) is 1. The van der Waals surface area contributed by atoms with E-state index in [9.17, 15) is 0 Å². The van der Waals surface area contributed by atoms with Crippen LogP contribution in [-0.4, -0.2) is 43.1 Å². The van der Waals surface area contributed by atoms with E-state index >= 15 is 0 Å². The predicted octanol–water partition coefficient (Wildman–Crippen LogP) is 4.41. The lowest BCUT2D eigenvalue weighted by molar-refractivity contribution is 0.387. The molecule has 136 valence electrons. The van der Waals surface area contributed by atoms with E-state index in [0.717, 1.165) is 17.5 Å². The molecule has 5 rings (SSSR count). The highest BCUT2D eigenvalue weighted by Crippen LogP contribution is 2.33. The summed E-state index contributed by atoms with van der Waals surface area (Å²) in [5.41, 5.74) is 5.94. The summed E-state index contributed by atoms with van der Waals surface area (Å²) >= 11 is 0. The first-order chi connectivity index (χ1) is 13.3. The van der Waals surface area contributed by atoms with E-state index in [2.05, 4.69) is 89.8 Å². The zero-order valence-corrected chi connectivity index (χ0v) is 15.8. The lowest BCUT2D eigenvalue weighted by Crippen LogP contribution is -2.26. The Labute approximate surface area is 161 Å². The summed E-state index contributed by atoms with van der Waals surface area (Å²) in [4.78, 5) is 9.76. The van der Waals surface area contributed by atoms with Crippen LogP contribution in [0.4, 0.5) is 5.69 Å². The number of fused-ring (bicyclic) bond motifs is 1. The van der Waals surface area contributed by atoms with Crippen LogP contribution in [0.2, 0.25) is 0 Å². The van der Waals surface area contributed by atoms with Crippen molar-refractivity contribution in [3.8, 4) is 22.4 Å². The Morgan fingerprint density at radius 3 is 2.15 bits per heavy atom. The lowest BCUT2D eigenvalue weighted by Gasteiger charge is -2.21. The molecule has 3 heteroatoms. The molecule has 0 unspecified atom stereocenters. The van der Waals surface area contributed by atoms with Crippen molar-refractivity contribution < 1.29 is 0 Å². The van der Waals surface area contributed by atoms with Crippen LogP contribution < -0.4 is 4.90 Å². The average molecular weight is 355 g/mol. The van der Waals surface area contributed by atoms with Crippen LogP contribution in [0.15, 0.2) is 72.9 Å². The molecule has 0 aliphatic carbocycles. The van der Waals surface area contributed by atoms with Crippen LogP contribution in [0.25, 0.3) is 22.4 Å². The molecule has 2 saturated heterocycles. The van der Waals surface area contributed by atoms with Gasteiger partial charge >= 0.3 is 0 Å². The summed E-state index contributed by atoms with van der Waals surface area (Å²) in [6.45, 7) is 4.80. The maximum Gasteiger partial charge on any atom is 0.0703 e. The first-order valence-corrected chi connectivity index (χ1v) is 9.82. The monoisotopic (exact) mass is 355 g/mol. The van der Waals surface area contributed by atoms with Gasteiger partial charge in [-0.2, -0.15) is 0 Å². The summed E-state index contributed by atoms with van der Waals surface area (Å²) in [5, 5.41) is 0. The molecule has 0 N–H and O–H groups in total. The Bertz CT molecular complexity index is 906. The summed E-state index contributed by atoms with van der Waals surface area (Å²) < 4.78 is 0. The fraction of sp³-hybridized carbons (Fsp3) is 0.292. The molecule has 1 aromatic heterocycles. The van der Waals surface area contributed by atoms with Gasteiger partial charge in [-0.25, -0.2) is 0 Å². The molecule has 0 radical (unpaired) electrons. The molecular formula is C24H25N3. The van der Waals surface area contributed by atoms with Gasteiger partial charge in [-0.1, -0.05) is 48.5 Å². The highest BCUT2D eigenvalue weighted by atomic mass is 15.2. The van der Waals surface area contributed by atoms with Crippen molar-refractivity contribution in [1.29, 1.82) is 0 Å². The summed E-state index contributed by atoms with van der Waals surface area (Å²) in [6.07, 6.45) is 2.05. The Morgan fingerprint density at radius 2 is 1.44 bits per heavy atom. The number of hydrogen-bond donors (Lipinski definition) is 0. The molecule has 2 aromatic carbocycles. The third-order valence-electron chi connectivity index (χ3n) is 6.05. The molecule has 2 fully saturated rings. The van der Waals surface area contributed by atoms with Gasteiger partial charge in [0.25, 0.3) is 0 Å². The van der Waals surface area contributed by atoms with Gasteiger partial charge in [0.2, 0.25) is 0 Å². The number of anilines is 1. The molecular weight excluding hydrogens is 330 g/mol. The SMILES string of the molecule is CN1C[C@@H]2CN(c3ccc(-c4cccc(-c5ccccc5)c4)nc3)C[C@@H]2C1. The van der Waals surface area contributed by atoms with Gasteiger partial charge in [-0.15, -0.1) is 0 Å². The third-order valence-corrected chi connectivity index (χ3v) is 6.05. The summed E-state index contributed by atoms with van der Waals surface area (Å²) in [6, 6.07) is 23.6. The summed E-state index contributed by atoms with van der Waals surface area (Å²) in [7, 11) is 2.24. The zero-order valence-electron chi connectivity index (χ0n) is 15.8. The number of hydrogen-bond acceptors (Lipinski definition) is 3. The topological polar surface area (TPSA) is 19.4 Å². The van der Waals surface area contributed by atoms with Crippen molar-refractivity contribution >= 4 is 5.69 Å². The number of rotatable bonds is 3. The Hall–Kier alpha value is -2.65. The Morgan fingerprint density at radius 1 is 0.741 bits per heavy atom. The van der Waals surface area contributed by atoms with Crippen molar-refractivity contribution in [2.24, 2.45) is 11.8 Å². The van der Waals surface area contributed by atoms with Gasteiger partial charge in [0.1, 0.15) is 0 Å². The fourth-order valence-electron chi connectivity index (χ4n) is 4.67. The second-order valence-corrected chi connectivity index (χ2v) is 7.99. The van der Waals surface area contributed by atoms with Crippen LogP contribution in [-0.2, 0) is 0 Å². The first kappa shape index (κ1) is 16.5. The minimum absolute atomic E-state index is 0.817. The van der Waals surface area contributed by atoms with Crippen molar-refractivity contribution in [3.63, 3.8) is 0 Å². The van der Waals surface area contributed by atoms with E-state index in [1.54, 1.807) is 0 Å². The van der Waals surface area contributed by atoms with Crippen molar-refractivity contribution in [2.45, 2.75) is 0 Å². The normalized spacial score (nSPS) is 22.2. The van der Waals surface area contributed by atoms with Crippen molar-refractivity contribution in [1.82, 2.24) is 9.88 Å². The van der Waals surface area contributed by atoms with Gasteiger partial charge in [-0.05, 0) is 48.2 Å². The Balaban J connectivity index is 1.35.